The number of piperidine rings is 1. The molecule has 2 heterocycles. The van der Waals surface area contributed by atoms with Crippen LogP contribution in [-0.4, -0.2) is 54.1 Å². The van der Waals surface area contributed by atoms with Crippen molar-refractivity contribution in [2.24, 2.45) is 4.99 Å². The fourth-order valence-corrected chi connectivity index (χ4v) is 4.18. The number of nitrogens with one attached hydrogen (secondary N) is 3. The number of likely N-dealkylation sites (tertiary alicyclic amines) is 1. The van der Waals surface area contributed by atoms with Crippen molar-refractivity contribution >= 4 is 52.4 Å². The van der Waals surface area contributed by atoms with Gasteiger partial charge in [-0.05, 0) is 62.8 Å². The number of halogens is 2. The highest BCUT2D eigenvalue weighted by Crippen LogP contribution is 2.29. The van der Waals surface area contributed by atoms with Crippen LogP contribution < -0.4 is 10.6 Å². The second-order valence-electron chi connectivity index (χ2n) is 7.70. The van der Waals surface area contributed by atoms with Crippen LogP contribution in [0.25, 0.3) is 10.9 Å². The van der Waals surface area contributed by atoms with Crippen LogP contribution in [0.2, 0.25) is 5.02 Å². The summed E-state index contributed by atoms with van der Waals surface area (Å²) < 4.78 is 0. The van der Waals surface area contributed by atoms with Crippen molar-refractivity contribution in [2.75, 3.05) is 26.2 Å². The number of fused-ring (bicyclic) bond motifs is 1. The number of H-pyrrole nitrogens is 1. The molecule has 0 radical (unpaired) electrons. The summed E-state index contributed by atoms with van der Waals surface area (Å²) >= 11 is 6.15. The molecule has 154 valence electrons. The summed E-state index contributed by atoms with van der Waals surface area (Å²) in [7, 11) is 0. The Labute approximate surface area is 189 Å². The van der Waals surface area contributed by atoms with E-state index in [0.717, 1.165) is 42.1 Å². The topological polar surface area (TPSA) is 55.5 Å². The average Bonchev–Trinajstić information content (AvgIpc) is 3.45. The molecule has 0 amide bonds. The summed E-state index contributed by atoms with van der Waals surface area (Å²) in [6.07, 6.45) is 8.20. The second-order valence-corrected chi connectivity index (χ2v) is 8.14. The highest BCUT2D eigenvalue weighted by molar-refractivity contribution is 14.0. The van der Waals surface area contributed by atoms with Crippen LogP contribution in [0.15, 0.2) is 29.4 Å². The van der Waals surface area contributed by atoms with Gasteiger partial charge in [0.1, 0.15) is 0 Å². The van der Waals surface area contributed by atoms with E-state index in [9.17, 15) is 0 Å². The first kappa shape index (κ1) is 21.7. The predicted molar refractivity (Wildman–Crippen MR) is 129 cm³/mol. The number of nitrogens with zero attached hydrogens (tertiary/aromatic N) is 2. The molecule has 1 saturated carbocycles. The normalized spacial score (nSPS) is 18.9. The van der Waals surface area contributed by atoms with Crippen molar-refractivity contribution in [1.82, 2.24) is 20.5 Å². The van der Waals surface area contributed by atoms with Gasteiger partial charge in [-0.1, -0.05) is 11.6 Å². The minimum Gasteiger partial charge on any atom is -0.361 e. The third-order valence-electron chi connectivity index (χ3n) is 5.66. The molecule has 1 aromatic carbocycles. The van der Waals surface area contributed by atoms with Crippen molar-refractivity contribution in [3.05, 3.63) is 35.0 Å². The van der Waals surface area contributed by atoms with Crippen molar-refractivity contribution in [1.29, 1.82) is 0 Å². The molecular weight excluding hydrogens is 485 g/mol. The maximum Gasteiger partial charge on any atom is 0.191 e. The van der Waals surface area contributed by atoms with Crippen molar-refractivity contribution in [3.63, 3.8) is 0 Å². The summed E-state index contributed by atoms with van der Waals surface area (Å²) in [4.78, 5) is 10.8. The Kier molecular flexibility index (Phi) is 7.88. The summed E-state index contributed by atoms with van der Waals surface area (Å²) in [6.45, 7) is 6.20. The van der Waals surface area contributed by atoms with E-state index < -0.39 is 0 Å². The molecule has 7 heteroatoms. The number of benzene rings is 1. The number of rotatable bonds is 6. The molecule has 1 saturated heterocycles. The largest absolute Gasteiger partial charge is 0.361 e. The Bertz CT molecular complexity index is 793. The van der Waals surface area contributed by atoms with Crippen LogP contribution in [0.3, 0.4) is 0 Å². The summed E-state index contributed by atoms with van der Waals surface area (Å²) in [6, 6.07) is 7.40. The maximum absolute atomic E-state index is 6.15. The lowest BCUT2D eigenvalue weighted by Crippen LogP contribution is -2.49. The Morgan fingerprint density at radius 3 is 2.75 bits per heavy atom. The van der Waals surface area contributed by atoms with Crippen molar-refractivity contribution < 1.29 is 0 Å². The van der Waals surface area contributed by atoms with Gasteiger partial charge in [0.2, 0.25) is 0 Å². The van der Waals surface area contributed by atoms with Gasteiger partial charge in [0, 0.05) is 60.4 Å². The van der Waals surface area contributed by atoms with E-state index in [-0.39, 0.29) is 24.0 Å². The highest BCUT2D eigenvalue weighted by Gasteiger charge is 2.31. The van der Waals surface area contributed by atoms with E-state index in [1.165, 1.54) is 49.7 Å². The molecule has 2 fully saturated rings. The smallest absolute Gasteiger partial charge is 0.191 e. The van der Waals surface area contributed by atoms with Gasteiger partial charge in [-0.25, -0.2) is 0 Å². The Hall–Kier alpha value is -0.990. The van der Waals surface area contributed by atoms with Gasteiger partial charge in [-0.3, -0.25) is 4.99 Å². The van der Waals surface area contributed by atoms with Gasteiger partial charge in [0.25, 0.3) is 0 Å². The number of aromatic amines is 1. The average molecular weight is 516 g/mol. The Morgan fingerprint density at radius 1 is 1.25 bits per heavy atom. The zero-order valence-corrected chi connectivity index (χ0v) is 19.6. The lowest BCUT2D eigenvalue weighted by molar-refractivity contribution is 0.197. The summed E-state index contributed by atoms with van der Waals surface area (Å²) in [5.74, 6) is 0.945. The van der Waals surface area contributed by atoms with Crippen LogP contribution >= 0.6 is 35.6 Å². The highest BCUT2D eigenvalue weighted by atomic mass is 127. The van der Waals surface area contributed by atoms with Gasteiger partial charge in [0.15, 0.2) is 5.96 Å². The molecule has 4 rings (SSSR count). The maximum atomic E-state index is 6.15. The zero-order chi connectivity index (χ0) is 18.6. The fraction of sp³-hybridized carbons (Fsp3) is 0.571. The minimum absolute atomic E-state index is 0. The summed E-state index contributed by atoms with van der Waals surface area (Å²) in [5.41, 5.74) is 2.40. The first-order valence-electron chi connectivity index (χ1n) is 10.3. The molecule has 3 N–H and O–H groups in total. The molecule has 2 aromatic rings. The molecule has 2 aliphatic rings. The minimum atomic E-state index is 0. The Morgan fingerprint density at radius 2 is 2.04 bits per heavy atom. The van der Waals surface area contributed by atoms with E-state index in [1.54, 1.807) is 0 Å². The number of hydrogen-bond donors (Lipinski definition) is 3. The molecule has 0 unspecified atom stereocenters. The first-order chi connectivity index (χ1) is 13.2. The molecule has 5 nitrogen and oxygen atoms in total. The van der Waals surface area contributed by atoms with E-state index in [4.69, 9.17) is 16.6 Å². The van der Waals surface area contributed by atoms with Gasteiger partial charge in [-0.15, -0.1) is 24.0 Å². The van der Waals surface area contributed by atoms with E-state index >= 15 is 0 Å². The molecule has 0 bridgehead atoms. The molecule has 0 spiro atoms. The lowest BCUT2D eigenvalue weighted by atomic mass is 10.1. The van der Waals surface area contributed by atoms with Gasteiger partial charge in [0.05, 0.1) is 0 Å². The molecule has 0 atom stereocenters. The van der Waals surface area contributed by atoms with Crippen LogP contribution in [0.4, 0.5) is 0 Å². The standard InChI is InChI=1S/C21H30ClN5.HI/c1-2-23-21(26-17-8-11-27(12-9-17)18-4-5-18)24-10-7-15-14-25-20-6-3-16(22)13-19(15)20;/h3,6,13-14,17-18,25H,2,4-5,7-12H2,1H3,(H2,23,24,26);1H. The lowest BCUT2D eigenvalue weighted by Gasteiger charge is -2.33. The molecule has 1 aliphatic heterocycles. The summed E-state index contributed by atoms with van der Waals surface area (Å²) in [5, 5.41) is 9.02. The molecule has 1 aromatic heterocycles. The zero-order valence-electron chi connectivity index (χ0n) is 16.5. The van der Waals surface area contributed by atoms with E-state index in [1.807, 2.05) is 18.2 Å². The van der Waals surface area contributed by atoms with Crippen molar-refractivity contribution in [3.8, 4) is 0 Å². The number of hydrogen-bond acceptors (Lipinski definition) is 2. The van der Waals surface area contributed by atoms with Gasteiger partial charge in [-0.2, -0.15) is 0 Å². The van der Waals surface area contributed by atoms with Crippen LogP contribution in [0.5, 0.6) is 0 Å². The number of aliphatic imine (C=N–C) groups is 1. The van der Waals surface area contributed by atoms with E-state index in [0.29, 0.717) is 6.04 Å². The van der Waals surface area contributed by atoms with Crippen LogP contribution in [0.1, 0.15) is 38.2 Å². The van der Waals surface area contributed by atoms with Crippen molar-refractivity contribution in [2.45, 2.75) is 51.1 Å². The quantitative estimate of drug-likeness (QED) is 0.308. The van der Waals surface area contributed by atoms with E-state index in [2.05, 4.69) is 33.6 Å². The Balaban J connectivity index is 0.00000225. The molecular formula is C21H31ClIN5. The monoisotopic (exact) mass is 515 g/mol. The van der Waals surface area contributed by atoms with Crippen LogP contribution in [0, 0.1) is 0 Å². The SMILES string of the molecule is CCNC(=NCCc1c[nH]c2ccc(Cl)cc12)NC1CCN(C2CC2)CC1.I. The second kappa shape index (κ2) is 10.2. The number of guanidine groups is 1. The first-order valence-corrected chi connectivity index (χ1v) is 10.6. The third-order valence-corrected chi connectivity index (χ3v) is 5.89. The molecule has 1 aliphatic carbocycles. The fourth-order valence-electron chi connectivity index (χ4n) is 4.01. The number of aromatic nitrogens is 1. The third kappa shape index (κ3) is 5.54. The van der Waals surface area contributed by atoms with Gasteiger partial charge >= 0.3 is 0 Å². The van der Waals surface area contributed by atoms with Crippen LogP contribution in [-0.2, 0) is 6.42 Å². The molecule has 28 heavy (non-hydrogen) atoms. The predicted octanol–water partition coefficient (Wildman–Crippen LogP) is 4.16. The van der Waals surface area contributed by atoms with Gasteiger partial charge < -0.3 is 20.5 Å².